The van der Waals surface area contributed by atoms with Crippen LogP contribution in [-0.4, -0.2) is 46.0 Å². The Balaban J connectivity index is 1.81. The van der Waals surface area contributed by atoms with Crippen LogP contribution in [0.4, 0.5) is 4.39 Å². The Labute approximate surface area is 134 Å². The summed E-state index contributed by atoms with van der Waals surface area (Å²) in [7, 11) is -3.55. The Morgan fingerprint density at radius 1 is 1.35 bits per heavy atom. The summed E-state index contributed by atoms with van der Waals surface area (Å²) in [6.45, 7) is 0.111. The Morgan fingerprint density at radius 3 is 2.87 bits per heavy atom. The van der Waals surface area contributed by atoms with E-state index in [-0.39, 0.29) is 31.3 Å². The number of rotatable bonds is 5. The summed E-state index contributed by atoms with van der Waals surface area (Å²) in [5.41, 5.74) is 1.53. The van der Waals surface area contributed by atoms with Crippen molar-refractivity contribution in [2.75, 3.05) is 12.4 Å². The molecule has 8 heteroatoms. The van der Waals surface area contributed by atoms with Gasteiger partial charge in [-0.25, -0.2) is 12.8 Å². The molecule has 0 saturated carbocycles. The van der Waals surface area contributed by atoms with Crippen molar-refractivity contribution in [2.45, 2.75) is 25.6 Å². The average molecular weight is 339 g/mol. The second-order valence-corrected chi connectivity index (χ2v) is 7.63. The number of aliphatic hydroxyl groups is 1. The molecule has 3 rings (SSSR count). The van der Waals surface area contributed by atoms with Gasteiger partial charge in [-0.3, -0.25) is 4.68 Å². The van der Waals surface area contributed by atoms with E-state index in [9.17, 15) is 17.9 Å². The number of hydrogen-bond donors (Lipinski definition) is 1. The van der Waals surface area contributed by atoms with Crippen LogP contribution in [-0.2, 0) is 29.5 Å². The minimum absolute atomic E-state index is 0.0955. The summed E-state index contributed by atoms with van der Waals surface area (Å²) in [5.74, 6) is -0.447. The number of benzene rings is 1. The standard InChI is InChI=1S/C15H18FN3O3S/c16-14-3-2-12-10-19(15(11-20)9-13(12)8-14)23(21,22)7-6-18-5-1-4-17-18/h1-5,8,15,20H,6-7,9-11H2/t15-/m0/s1. The fourth-order valence-electron chi connectivity index (χ4n) is 2.83. The zero-order chi connectivity index (χ0) is 16.4. The van der Waals surface area contributed by atoms with Gasteiger partial charge in [0.1, 0.15) is 5.82 Å². The van der Waals surface area contributed by atoms with Crippen LogP contribution < -0.4 is 0 Å². The second kappa shape index (κ2) is 6.38. The minimum atomic E-state index is -3.55. The summed E-state index contributed by atoms with van der Waals surface area (Å²) in [4.78, 5) is 0. The van der Waals surface area contributed by atoms with Gasteiger partial charge in [0.25, 0.3) is 0 Å². The molecular formula is C15H18FN3O3S. The number of aliphatic hydroxyl groups excluding tert-OH is 1. The van der Waals surface area contributed by atoms with Gasteiger partial charge in [0, 0.05) is 18.9 Å². The van der Waals surface area contributed by atoms with Crippen molar-refractivity contribution in [3.05, 3.63) is 53.6 Å². The van der Waals surface area contributed by atoms with Crippen LogP contribution in [0.25, 0.3) is 0 Å². The van der Waals surface area contributed by atoms with Gasteiger partial charge in [-0.15, -0.1) is 0 Å². The van der Waals surface area contributed by atoms with Gasteiger partial charge >= 0.3 is 0 Å². The highest BCUT2D eigenvalue weighted by Crippen LogP contribution is 2.26. The van der Waals surface area contributed by atoms with E-state index in [1.54, 1.807) is 29.2 Å². The number of fused-ring (bicyclic) bond motifs is 1. The van der Waals surface area contributed by atoms with Crippen LogP contribution in [0.5, 0.6) is 0 Å². The topological polar surface area (TPSA) is 75.4 Å². The largest absolute Gasteiger partial charge is 0.395 e. The van der Waals surface area contributed by atoms with Crippen molar-refractivity contribution in [1.82, 2.24) is 14.1 Å². The smallest absolute Gasteiger partial charge is 0.216 e. The summed E-state index contributed by atoms with van der Waals surface area (Å²) in [5, 5.41) is 13.5. The Bertz CT molecular complexity index is 777. The second-order valence-electron chi connectivity index (χ2n) is 5.58. The van der Waals surface area contributed by atoms with Gasteiger partial charge < -0.3 is 5.11 Å². The number of halogens is 1. The van der Waals surface area contributed by atoms with Crippen LogP contribution in [0.2, 0.25) is 0 Å². The van der Waals surface area contributed by atoms with Gasteiger partial charge in [0.05, 0.1) is 24.9 Å². The van der Waals surface area contributed by atoms with E-state index >= 15 is 0 Å². The van der Waals surface area contributed by atoms with Crippen LogP contribution in [0.15, 0.2) is 36.7 Å². The summed E-state index contributed by atoms with van der Waals surface area (Å²) < 4.78 is 41.5. The molecule has 1 aliphatic heterocycles. The van der Waals surface area contributed by atoms with E-state index in [4.69, 9.17) is 0 Å². The number of aryl methyl sites for hydroxylation is 1. The first-order chi connectivity index (χ1) is 11.0. The molecule has 6 nitrogen and oxygen atoms in total. The van der Waals surface area contributed by atoms with Crippen molar-refractivity contribution >= 4 is 10.0 Å². The quantitative estimate of drug-likeness (QED) is 0.873. The van der Waals surface area contributed by atoms with Crippen molar-refractivity contribution in [1.29, 1.82) is 0 Å². The molecule has 1 aliphatic rings. The molecular weight excluding hydrogens is 321 g/mol. The molecule has 1 atom stereocenters. The van der Waals surface area contributed by atoms with Crippen molar-refractivity contribution in [3.8, 4) is 0 Å². The minimum Gasteiger partial charge on any atom is -0.395 e. The lowest BCUT2D eigenvalue weighted by Gasteiger charge is -2.35. The van der Waals surface area contributed by atoms with E-state index in [2.05, 4.69) is 5.10 Å². The molecule has 0 aliphatic carbocycles. The lowest BCUT2D eigenvalue weighted by atomic mass is 9.96. The lowest BCUT2D eigenvalue weighted by molar-refractivity contribution is 0.173. The predicted octanol–water partition coefficient (Wildman–Crippen LogP) is 0.771. The molecule has 0 fully saturated rings. The highest BCUT2D eigenvalue weighted by Gasteiger charge is 2.34. The number of nitrogens with zero attached hydrogens (tertiary/aromatic N) is 3. The maximum Gasteiger partial charge on any atom is 0.216 e. The van der Waals surface area contributed by atoms with E-state index in [1.807, 2.05) is 0 Å². The third kappa shape index (κ3) is 3.44. The average Bonchev–Trinajstić information content (AvgIpc) is 3.05. The van der Waals surface area contributed by atoms with Crippen molar-refractivity contribution < 1.29 is 17.9 Å². The first-order valence-corrected chi connectivity index (χ1v) is 8.95. The molecule has 2 aromatic rings. The van der Waals surface area contributed by atoms with Gasteiger partial charge in [0.2, 0.25) is 10.0 Å². The van der Waals surface area contributed by atoms with Crippen molar-refractivity contribution in [2.24, 2.45) is 0 Å². The molecule has 1 aromatic heterocycles. The van der Waals surface area contributed by atoms with Gasteiger partial charge in [-0.05, 0) is 35.7 Å². The fraction of sp³-hybridized carbons (Fsp3) is 0.400. The van der Waals surface area contributed by atoms with Crippen LogP contribution in [0.1, 0.15) is 11.1 Å². The fourth-order valence-corrected chi connectivity index (χ4v) is 4.41. The zero-order valence-corrected chi connectivity index (χ0v) is 13.3. The highest BCUT2D eigenvalue weighted by molar-refractivity contribution is 7.89. The highest BCUT2D eigenvalue weighted by atomic mass is 32.2. The Kier molecular flexibility index (Phi) is 4.47. The molecule has 0 amide bonds. The molecule has 1 aromatic carbocycles. The van der Waals surface area contributed by atoms with E-state index < -0.39 is 16.1 Å². The molecule has 0 bridgehead atoms. The summed E-state index contributed by atoms with van der Waals surface area (Å²) in [6, 6.07) is 5.51. The lowest BCUT2D eigenvalue weighted by Crippen LogP contribution is -2.47. The molecule has 1 N–H and O–H groups in total. The molecule has 0 spiro atoms. The van der Waals surface area contributed by atoms with E-state index in [1.165, 1.54) is 16.4 Å². The SMILES string of the molecule is O=S(=O)(CCn1cccn1)N1Cc2ccc(F)cc2C[C@H]1CO. The molecule has 0 saturated heterocycles. The zero-order valence-electron chi connectivity index (χ0n) is 12.5. The maximum absolute atomic E-state index is 13.3. The molecule has 0 radical (unpaired) electrons. The molecule has 2 heterocycles. The molecule has 0 unspecified atom stereocenters. The van der Waals surface area contributed by atoms with Crippen LogP contribution >= 0.6 is 0 Å². The molecule has 23 heavy (non-hydrogen) atoms. The Morgan fingerprint density at radius 2 is 2.17 bits per heavy atom. The van der Waals surface area contributed by atoms with Gasteiger partial charge in [-0.1, -0.05) is 6.07 Å². The predicted molar refractivity (Wildman–Crippen MR) is 82.5 cm³/mol. The van der Waals surface area contributed by atoms with E-state index in [0.717, 1.165) is 11.1 Å². The number of sulfonamides is 1. The number of hydrogen-bond acceptors (Lipinski definition) is 4. The third-order valence-corrected chi connectivity index (χ3v) is 5.90. The molecule has 124 valence electrons. The Hall–Kier alpha value is -1.77. The normalized spacial score (nSPS) is 18.8. The van der Waals surface area contributed by atoms with E-state index in [0.29, 0.717) is 6.42 Å². The summed E-state index contributed by atoms with van der Waals surface area (Å²) in [6.07, 6.45) is 3.60. The first-order valence-electron chi connectivity index (χ1n) is 7.35. The van der Waals surface area contributed by atoms with Crippen LogP contribution in [0.3, 0.4) is 0 Å². The third-order valence-electron chi connectivity index (χ3n) is 4.06. The van der Waals surface area contributed by atoms with Crippen molar-refractivity contribution in [3.63, 3.8) is 0 Å². The maximum atomic E-state index is 13.3. The monoisotopic (exact) mass is 339 g/mol. The van der Waals surface area contributed by atoms with Gasteiger partial charge in [-0.2, -0.15) is 9.40 Å². The van der Waals surface area contributed by atoms with Crippen LogP contribution in [0, 0.1) is 5.82 Å². The van der Waals surface area contributed by atoms with Gasteiger partial charge in [0.15, 0.2) is 0 Å². The number of aromatic nitrogens is 2. The first kappa shape index (κ1) is 16.1. The summed E-state index contributed by atoms with van der Waals surface area (Å²) >= 11 is 0.